The molecule has 0 aromatic carbocycles. The maximum absolute atomic E-state index is 11.8. The fourth-order valence-electron chi connectivity index (χ4n) is 1.67. The van der Waals surface area contributed by atoms with Crippen molar-refractivity contribution in [2.45, 2.75) is 6.42 Å². The molecule has 0 atom stereocenters. The van der Waals surface area contributed by atoms with Gasteiger partial charge in [-0.2, -0.15) is 0 Å². The number of likely N-dealkylation sites (N-methyl/N-ethyl adjacent to an activating group) is 1. The summed E-state index contributed by atoms with van der Waals surface area (Å²) in [6.45, 7) is 2.48. The molecular weight excluding hydrogens is 190 g/mol. The van der Waals surface area contributed by atoms with Gasteiger partial charge in [0, 0.05) is 26.1 Å². The molecule has 0 saturated carbocycles. The molecule has 4 heteroatoms. The molecule has 4 nitrogen and oxygen atoms in total. The molecule has 0 bridgehead atoms. The Kier molecular flexibility index (Phi) is 2.97. The number of carbonyl (C=O) groups is 1. The highest BCUT2D eigenvalue weighted by atomic mass is 16.2. The molecule has 2 rings (SSSR count). The predicted octanol–water partition coefficient (Wildman–Crippen LogP) is 0.550. The Hall–Kier alpha value is -1.42. The van der Waals surface area contributed by atoms with E-state index in [-0.39, 0.29) is 5.91 Å². The summed E-state index contributed by atoms with van der Waals surface area (Å²) in [6, 6.07) is 3.60. The molecule has 1 aliphatic heterocycles. The highest BCUT2D eigenvalue weighted by Gasteiger charge is 2.20. The van der Waals surface area contributed by atoms with Crippen LogP contribution in [0.15, 0.2) is 18.3 Å². The van der Waals surface area contributed by atoms with E-state index in [0.717, 1.165) is 25.3 Å². The van der Waals surface area contributed by atoms with Crippen LogP contribution in [-0.2, 0) is 4.79 Å². The summed E-state index contributed by atoms with van der Waals surface area (Å²) in [5.41, 5.74) is 0.869. The molecular formula is C11H14N3O. The molecule has 15 heavy (non-hydrogen) atoms. The van der Waals surface area contributed by atoms with Crippen LogP contribution >= 0.6 is 0 Å². The third kappa shape index (κ3) is 2.33. The smallest absolute Gasteiger partial charge is 0.228 e. The van der Waals surface area contributed by atoms with Crippen molar-refractivity contribution in [1.82, 2.24) is 9.88 Å². The second kappa shape index (κ2) is 4.40. The Morgan fingerprint density at radius 1 is 1.40 bits per heavy atom. The van der Waals surface area contributed by atoms with Crippen molar-refractivity contribution in [1.29, 1.82) is 0 Å². The van der Waals surface area contributed by atoms with Crippen LogP contribution in [0.1, 0.15) is 6.42 Å². The van der Waals surface area contributed by atoms with Gasteiger partial charge in [0.1, 0.15) is 0 Å². The summed E-state index contributed by atoms with van der Waals surface area (Å²) in [4.78, 5) is 19.7. The van der Waals surface area contributed by atoms with E-state index >= 15 is 0 Å². The summed E-state index contributed by atoms with van der Waals surface area (Å²) >= 11 is 0. The van der Waals surface area contributed by atoms with Crippen molar-refractivity contribution in [3.05, 3.63) is 24.5 Å². The molecule has 0 spiro atoms. The van der Waals surface area contributed by atoms with Gasteiger partial charge in [0.15, 0.2) is 0 Å². The highest BCUT2D eigenvalue weighted by Crippen LogP contribution is 2.14. The van der Waals surface area contributed by atoms with Gasteiger partial charge < -0.3 is 9.80 Å². The average molecular weight is 204 g/mol. The van der Waals surface area contributed by atoms with Crippen LogP contribution in [0.2, 0.25) is 0 Å². The Bertz CT molecular complexity index is 339. The second-order valence-corrected chi connectivity index (χ2v) is 3.74. The number of aromatic nitrogens is 1. The predicted molar refractivity (Wildman–Crippen MR) is 57.5 cm³/mol. The van der Waals surface area contributed by atoms with Crippen molar-refractivity contribution in [3.8, 4) is 0 Å². The molecule has 1 saturated heterocycles. The van der Waals surface area contributed by atoms with Crippen molar-refractivity contribution < 1.29 is 4.79 Å². The van der Waals surface area contributed by atoms with Gasteiger partial charge in [0.05, 0.1) is 18.1 Å². The molecule has 1 fully saturated rings. The normalized spacial score (nSPS) is 19.0. The first-order valence-electron chi connectivity index (χ1n) is 5.08. The minimum absolute atomic E-state index is 0.173. The van der Waals surface area contributed by atoms with Crippen LogP contribution in [-0.4, -0.2) is 42.5 Å². The summed E-state index contributed by atoms with van der Waals surface area (Å²) in [5.74, 6) is 0.173. The van der Waals surface area contributed by atoms with Gasteiger partial charge >= 0.3 is 0 Å². The van der Waals surface area contributed by atoms with E-state index in [4.69, 9.17) is 0 Å². The van der Waals surface area contributed by atoms with E-state index in [0.29, 0.717) is 6.42 Å². The van der Waals surface area contributed by atoms with E-state index in [9.17, 15) is 4.79 Å². The molecule has 2 heterocycles. The lowest BCUT2D eigenvalue weighted by atomic mass is 10.3. The topological polar surface area (TPSA) is 36.4 Å². The third-order valence-electron chi connectivity index (χ3n) is 2.63. The number of rotatable bonds is 1. The fourth-order valence-corrected chi connectivity index (χ4v) is 1.67. The first-order chi connectivity index (χ1) is 7.27. The van der Waals surface area contributed by atoms with Crippen LogP contribution in [0, 0.1) is 6.20 Å². The largest absolute Gasteiger partial charge is 0.310 e. The monoisotopic (exact) mass is 204 g/mol. The summed E-state index contributed by atoms with van der Waals surface area (Å²) in [6.07, 6.45) is 4.97. The Labute approximate surface area is 89.5 Å². The standard InChI is InChI=1S/C11H14N3O/c1-13-6-4-11(15)14(8-7-13)10-3-2-5-12-9-10/h2-3,9H,4,6-8H2,1H3. The van der Waals surface area contributed by atoms with Gasteiger partial charge in [0.25, 0.3) is 0 Å². The zero-order chi connectivity index (χ0) is 10.7. The molecule has 79 valence electrons. The van der Waals surface area contributed by atoms with E-state index < -0.39 is 0 Å². The van der Waals surface area contributed by atoms with Crippen molar-refractivity contribution >= 4 is 11.6 Å². The first kappa shape index (κ1) is 10.1. The van der Waals surface area contributed by atoms with Gasteiger partial charge in [-0.05, 0) is 19.2 Å². The van der Waals surface area contributed by atoms with E-state index in [1.54, 1.807) is 17.2 Å². The molecule has 1 aromatic heterocycles. The Morgan fingerprint density at radius 2 is 2.27 bits per heavy atom. The van der Waals surface area contributed by atoms with E-state index in [1.165, 1.54) is 0 Å². The third-order valence-corrected chi connectivity index (χ3v) is 2.63. The summed E-state index contributed by atoms with van der Waals surface area (Å²) in [5, 5.41) is 0. The number of amides is 1. The lowest BCUT2D eigenvalue weighted by molar-refractivity contribution is -0.118. The van der Waals surface area contributed by atoms with Crippen molar-refractivity contribution in [3.63, 3.8) is 0 Å². The molecule has 1 aliphatic rings. The first-order valence-corrected chi connectivity index (χ1v) is 5.08. The Balaban J connectivity index is 2.17. The van der Waals surface area contributed by atoms with Crippen LogP contribution in [0.25, 0.3) is 0 Å². The minimum atomic E-state index is 0.173. The molecule has 0 unspecified atom stereocenters. The van der Waals surface area contributed by atoms with Gasteiger partial charge in [-0.15, -0.1) is 0 Å². The van der Waals surface area contributed by atoms with Gasteiger partial charge in [-0.1, -0.05) is 0 Å². The van der Waals surface area contributed by atoms with Gasteiger partial charge in [-0.3, -0.25) is 9.78 Å². The molecule has 0 aliphatic carbocycles. The van der Waals surface area contributed by atoms with Crippen LogP contribution < -0.4 is 4.90 Å². The SMILES string of the molecule is CN1CCC(=O)N(c2cc[c]nc2)CC1. The summed E-state index contributed by atoms with van der Waals surface area (Å²) < 4.78 is 0. The number of anilines is 1. The zero-order valence-corrected chi connectivity index (χ0v) is 8.81. The number of pyridine rings is 1. The molecule has 0 N–H and O–H groups in total. The maximum atomic E-state index is 11.8. The van der Waals surface area contributed by atoms with Crippen LogP contribution in [0.3, 0.4) is 0 Å². The van der Waals surface area contributed by atoms with Crippen LogP contribution in [0.5, 0.6) is 0 Å². The molecule has 1 radical (unpaired) electrons. The molecule has 1 amide bonds. The van der Waals surface area contributed by atoms with Gasteiger partial charge in [-0.25, -0.2) is 0 Å². The van der Waals surface area contributed by atoms with Gasteiger partial charge in [0.2, 0.25) is 5.91 Å². The maximum Gasteiger partial charge on any atom is 0.228 e. The van der Waals surface area contributed by atoms with Crippen molar-refractivity contribution in [2.75, 3.05) is 31.6 Å². The number of hydrogen-bond acceptors (Lipinski definition) is 3. The average Bonchev–Trinajstić information content (AvgIpc) is 2.43. The number of nitrogens with zero attached hydrogens (tertiary/aromatic N) is 3. The number of carbonyl (C=O) groups excluding carboxylic acids is 1. The second-order valence-electron chi connectivity index (χ2n) is 3.74. The quantitative estimate of drug-likeness (QED) is 0.670. The van der Waals surface area contributed by atoms with Crippen molar-refractivity contribution in [2.24, 2.45) is 0 Å². The highest BCUT2D eigenvalue weighted by molar-refractivity contribution is 5.93. The number of hydrogen-bond donors (Lipinski definition) is 0. The lowest BCUT2D eigenvalue weighted by Gasteiger charge is -2.20. The van der Waals surface area contributed by atoms with Crippen LogP contribution in [0.4, 0.5) is 5.69 Å². The lowest BCUT2D eigenvalue weighted by Crippen LogP contribution is -2.32. The minimum Gasteiger partial charge on any atom is -0.310 e. The zero-order valence-electron chi connectivity index (χ0n) is 8.81. The Morgan fingerprint density at radius 3 is 3.00 bits per heavy atom. The summed E-state index contributed by atoms with van der Waals surface area (Å²) in [7, 11) is 2.04. The van der Waals surface area contributed by atoms with E-state index in [2.05, 4.69) is 16.1 Å². The molecule has 1 aromatic rings. The fraction of sp³-hybridized carbons (Fsp3) is 0.455. The van der Waals surface area contributed by atoms with E-state index in [1.807, 2.05) is 13.1 Å².